The molecule has 1 aromatic rings. The lowest BCUT2D eigenvalue weighted by molar-refractivity contribution is -0.136. The van der Waals surface area contributed by atoms with E-state index in [2.05, 4.69) is 4.90 Å². The Morgan fingerprint density at radius 1 is 1.12 bits per heavy atom. The summed E-state index contributed by atoms with van der Waals surface area (Å²) >= 11 is 0. The number of morpholine rings is 1. The number of hydrogen-bond donors (Lipinski definition) is 1. The second kappa shape index (κ2) is 7.77. The molecule has 1 N–H and O–H groups in total. The Labute approximate surface area is 142 Å². The lowest BCUT2D eigenvalue weighted by atomic mass is 9.90. The number of aromatic carboxylic acids is 1. The smallest absolute Gasteiger partial charge is 0.335 e. The summed E-state index contributed by atoms with van der Waals surface area (Å²) in [6, 6.07) is 7.13. The minimum Gasteiger partial charge on any atom is -0.478 e. The number of benzene rings is 1. The second-order valence-corrected chi connectivity index (χ2v) is 6.49. The average molecular weight is 332 g/mol. The molecule has 24 heavy (non-hydrogen) atoms. The van der Waals surface area contributed by atoms with Crippen molar-refractivity contribution in [1.82, 2.24) is 9.80 Å². The van der Waals surface area contributed by atoms with Gasteiger partial charge in [0.05, 0.1) is 25.3 Å². The van der Waals surface area contributed by atoms with E-state index >= 15 is 0 Å². The molecule has 6 heteroatoms. The van der Waals surface area contributed by atoms with Gasteiger partial charge in [0, 0.05) is 19.6 Å². The fourth-order valence-corrected chi connectivity index (χ4v) is 3.47. The number of carbonyl (C=O) groups is 2. The number of carboxylic acids is 1. The third kappa shape index (κ3) is 4.13. The molecular weight excluding hydrogens is 308 g/mol. The zero-order valence-electron chi connectivity index (χ0n) is 13.8. The molecule has 2 saturated heterocycles. The van der Waals surface area contributed by atoms with E-state index in [1.807, 2.05) is 17.0 Å². The van der Waals surface area contributed by atoms with Crippen LogP contribution in [0, 0.1) is 0 Å². The number of nitrogens with zero attached hydrogens (tertiary/aromatic N) is 2. The van der Waals surface area contributed by atoms with Crippen molar-refractivity contribution in [3.63, 3.8) is 0 Å². The van der Waals surface area contributed by atoms with Gasteiger partial charge in [-0.2, -0.15) is 0 Å². The van der Waals surface area contributed by atoms with E-state index in [9.17, 15) is 9.59 Å². The van der Waals surface area contributed by atoms with E-state index in [0.717, 1.165) is 31.5 Å². The maximum Gasteiger partial charge on any atom is 0.335 e. The number of hydrogen-bond acceptors (Lipinski definition) is 4. The third-order valence-corrected chi connectivity index (χ3v) is 4.86. The summed E-state index contributed by atoms with van der Waals surface area (Å²) in [5.74, 6) is -0.359. The molecule has 1 unspecified atom stereocenters. The highest BCUT2D eigenvalue weighted by atomic mass is 16.5. The van der Waals surface area contributed by atoms with Crippen LogP contribution >= 0.6 is 0 Å². The second-order valence-electron chi connectivity index (χ2n) is 6.49. The maximum absolute atomic E-state index is 12.4. The maximum atomic E-state index is 12.4. The van der Waals surface area contributed by atoms with Gasteiger partial charge < -0.3 is 14.7 Å². The molecule has 0 aromatic heterocycles. The summed E-state index contributed by atoms with van der Waals surface area (Å²) in [6.07, 6.45) is 2.14. The molecule has 2 aliphatic heterocycles. The lowest BCUT2D eigenvalue weighted by Crippen LogP contribution is -2.47. The quantitative estimate of drug-likeness (QED) is 0.903. The normalized spacial score (nSPS) is 22.3. The van der Waals surface area contributed by atoms with E-state index in [0.29, 0.717) is 44.3 Å². The molecular formula is C18H24N2O4. The van der Waals surface area contributed by atoms with Crippen LogP contribution in [0.5, 0.6) is 0 Å². The number of rotatable bonds is 4. The van der Waals surface area contributed by atoms with E-state index < -0.39 is 5.97 Å². The zero-order chi connectivity index (χ0) is 16.9. The van der Waals surface area contributed by atoms with E-state index in [4.69, 9.17) is 9.84 Å². The highest BCUT2D eigenvalue weighted by molar-refractivity contribution is 5.87. The first-order chi connectivity index (χ1) is 11.6. The van der Waals surface area contributed by atoms with Crippen molar-refractivity contribution in [2.75, 3.05) is 45.9 Å². The van der Waals surface area contributed by atoms with Crippen molar-refractivity contribution in [2.24, 2.45) is 0 Å². The number of amides is 1. The molecule has 3 rings (SSSR count). The molecule has 0 saturated carbocycles. The summed E-state index contributed by atoms with van der Waals surface area (Å²) in [5, 5.41) is 8.99. The van der Waals surface area contributed by atoms with Crippen LogP contribution in [0.1, 0.15) is 34.7 Å². The average Bonchev–Trinajstić information content (AvgIpc) is 2.63. The predicted octanol–water partition coefficient (Wildman–Crippen LogP) is 1.42. The van der Waals surface area contributed by atoms with Crippen molar-refractivity contribution in [3.05, 3.63) is 35.4 Å². The van der Waals surface area contributed by atoms with Crippen molar-refractivity contribution in [3.8, 4) is 0 Å². The van der Waals surface area contributed by atoms with Crippen molar-refractivity contribution in [2.45, 2.75) is 18.8 Å². The molecule has 0 aliphatic carbocycles. The molecule has 2 fully saturated rings. The van der Waals surface area contributed by atoms with Crippen LogP contribution in [0.15, 0.2) is 24.3 Å². The van der Waals surface area contributed by atoms with E-state index in [1.165, 1.54) is 0 Å². The first-order valence-corrected chi connectivity index (χ1v) is 8.54. The predicted molar refractivity (Wildman–Crippen MR) is 89.2 cm³/mol. The van der Waals surface area contributed by atoms with Crippen LogP contribution in [0.2, 0.25) is 0 Å². The zero-order valence-corrected chi connectivity index (χ0v) is 13.8. The van der Waals surface area contributed by atoms with Crippen LogP contribution in [0.3, 0.4) is 0 Å². The summed E-state index contributed by atoms with van der Waals surface area (Å²) < 4.78 is 5.29. The monoisotopic (exact) mass is 332 g/mol. The number of carboxylic acid groups (broad SMARTS) is 1. The highest BCUT2D eigenvalue weighted by Gasteiger charge is 2.25. The molecule has 2 heterocycles. The Bertz CT molecular complexity index is 581. The topological polar surface area (TPSA) is 70.1 Å². The van der Waals surface area contributed by atoms with Gasteiger partial charge in [0.1, 0.15) is 0 Å². The Morgan fingerprint density at radius 2 is 1.83 bits per heavy atom. The van der Waals surface area contributed by atoms with Gasteiger partial charge in [0.25, 0.3) is 0 Å². The third-order valence-electron chi connectivity index (χ3n) is 4.86. The van der Waals surface area contributed by atoms with Crippen LogP contribution in [-0.2, 0) is 9.53 Å². The van der Waals surface area contributed by atoms with Gasteiger partial charge in [-0.3, -0.25) is 9.69 Å². The van der Waals surface area contributed by atoms with Gasteiger partial charge in [-0.25, -0.2) is 4.79 Å². The minimum atomic E-state index is -0.900. The van der Waals surface area contributed by atoms with Gasteiger partial charge >= 0.3 is 5.97 Å². The highest BCUT2D eigenvalue weighted by Crippen LogP contribution is 2.27. The van der Waals surface area contributed by atoms with Crippen molar-refractivity contribution in [1.29, 1.82) is 0 Å². The Balaban J connectivity index is 1.57. The Morgan fingerprint density at radius 3 is 2.50 bits per heavy atom. The summed E-state index contributed by atoms with van der Waals surface area (Å²) in [5.41, 5.74) is 1.47. The molecule has 130 valence electrons. The molecule has 1 amide bonds. The fourth-order valence-electron chi connectivity index (χ4n) is 3.47. The largest absolute Gasteiger partial charge is 0.478 e. The summed E-state index contributed by atoms with van der Waals surface area (Å²) in [7, 11) is 0. The lowest BCUT2D eigenvalue weighted by Gasteiger charge is -2.35. The van der Waals surface area contributed by atoms with Crippen LogP contribution in [-0.4, -0.2) is 72.7 Å². The first-order valence-electron chi connectivity index (χ1n) is 8.54. The van der Waals surface area contributed by atoms with E-state index in [1.54, 1.807) is 12.1 Å². The fraction of sp³-hybridized carbons (Fsp3) is 0.556. The Hall–Kier alpha value is -1.92. The van der Waals surface area contributed by atoms with Gasteiger partial charge in [-0.05, 0) is 43.0 Å². The number of piperidine rings is 1. The summed E-state index contributed by atoms with van der Waals surface area (Å²) in [4.78, 5) is 27.4. The molecule has 0 radical (unpaired) electrons. The van der Waals surface area contributed by atoms with Crippen LogP contribution in [0.4, 0.5) is 0 Å². The molecule has 2 aliphatic rings. The van der Waals surface area contributed by atoms with Gasteiger partial charge in [0.2, 0.25) is 5.91 Å². The Kier molecular flexibility index (Phi) is 5.48. The first kappa shape index (κ1) is 16.9. The van der Waals surface area contributed by atoms with Crippen LogP contribution in [0.25, 0.3) is 0 Å². The van der Waals surface area contributed by atoms with Gasteiger partial charge in [0.15, 0.2) is 0 Å². The van der Waals surface area contributed by atoms with Crippen molar-refractivity contribution < 1.29 is 19.4 Å². The SMILES string of the molecule is O=C(O)c1ccc(C2CCCN(CC(=O)N3CCOCC3)C2)cc1. The van der Waals surface area contributed by atoms with Crippen LogP contribution < -0.4 is 0 Å². The van der Waals surface area contributed by atoms with E-state index in [-0.39, 0.29) is 5.91 Å². The molecule has 0 bridgehead atoms. The van der Waals surface area contributed by atoms with Crippen molar-refractivity contribution >= 4 is 11.9 Å². The number of likely N-dealkylation sites (tertiary alicyclic amines) is 1. The summed E-state index contributed by atoms with van der Waals surface area (Å²) in [6.45, 7) is 4.89. The molecule has 1 aromatic carbocycles. The number of carbonyl (C=O) groups excluding carboxylic acids is 1. The van der Waals surface area contributed by atoms with Gasteiger partial charge in [-0.15, -0.1) is 0 Å². The van der Waals surface area contributed by atoms with Gasteiger partial charge in [-0.1, -0.05) is 12.1 Å². The molecule has 0 spiro atoms. The molecule has 6 nitrogen and oxygen atoms in total. The number of ether oxygens (including phenoxy) is 1. The standard InChI is InChI=1S/C18H24N2O4/c21-17(20-8-10-24-11-9-20)13-19-7-1-2-16(12-19)14-3-5-15(6-4-14)18(22)23/h3-6,16H,1-2,7-13H2,(H,22,23). The minimum absolute atomic E-state index is 0.181. The molecule has 1 atom stereocenters.